The quantitative estimate of drug-likeness (QED) is 0.204. The second-order valence-corrected chi connectivity index (χ2v) is 9.58. The molecule has 0 amide bonds. The minimum absolute atomic E-state index is 0.0533. The van der Waals surface area contributed by atoms with E-state index in [1.54, 1.807) is 12.1 Å². The van der Waals surface area contributed by atoms with Gasteiger partial charge in [0.25, 0.3) is 0 Å². The van der Waals surface area contributed by atoms with Gasteiger partial charge in [0.1, 0.15) is 0 Å². The van der Waals surface area contributed by atoms with Crippen LogP contribution in [0.1, 0.15) is 16.4 Å². The van der Waals surface area contributed by atoms with Crippen molar-refractivity contribution in [1.29, 1.82) is 0 Å². The van der Waals surface area contributed by atoms with E-state index in [1.165, 1.54) is 0 Å². The number of rotatable bonds is 3. The van der Waals surface area contributed by atoms with Gasteiger partial charge in [-0.05, 0) is 82.5 Å². The van der Waals surface area contributed by atoms with E-state index in [1.807, 2.05) is 60.7 Å². The van der Waals surface area contributed by atoms with Crippen LogP contribution in [0.25, 0.3) is 76.5 Å². The second-order valence-electron chi connectivity index (χ2n) is 9.58. The lowest BCUT2D eigenvalue weighted by atomic mass is 9.84. The van der Waals surface area contributed by atoms with E-state index < -0.39 is 72.5 Å². The maximum atomic E-state index is 9.27. The summed E-state index contributed by atoms with van der Waals surface area (Å²) in [6.45, 7) is 0. The molecule has 0 radical (unpaired) electrons. The lowest BCUT2D eigenvalue weighted by Crippen LogP contribution is -1.92. The van der Waals surface area contributed by atoms with Crippen LogP contribution in [0, 0.1) is 0 Å². The number of hydrogen-bond donors (Lipinski definition) is 0. The molecule has 0 bridgehead atoms. The molecule has 186 valence electrons. The third-order valence-corrected chi connectivity index (χ3v) is 7.43. The Bertz CT molecular complexity index is 2800. The summed E-state index contributed by atoms with van der Waals surface area (Å²) in [4.78, 5) is 0. The largest absolute Gasteiger partial charge is 0.0629 e. The molecular weight excluding hydrogens is 480 g/mol. The average Bonchev–Trinajstić information content (AvgIpc) is 3.15. The van der Waals surface area contributed by atoms with Gasteiger partial charge in [0.2, 0.25) is 0 Å². The van der Waals surface area contributed by atoms with Crippen LogP contribution in [0.2, 0.25) is 0 Å². The molecule has 40 heavy (non-hydrogen) atoms. The lowest BCUT2D eigenvalue weighted by molar-refractivity contribution is 1.65. The Balaban J connectivity index is 1.63. The molecule has 0 saturated carbocycles. The monoisotopic (exact) mass is 518 g/mol. The minimum atomic E-state index is -0.609. The second kappa shape index (κ2) is 9.22. The fourth-order valence-corrected chi connectivity index (χ4v) is 5.69. The SMILES string of the molecule is [2H]c1cc([2H])c(-c2c3c([2H])c([2H])c([2H])c([2H])c3c(-c3cccc4c(-c5ccc6ccccc6c5)cccc34)c3c([2H])c([2H])c([2H])c([2H])c23)c([2H])c1[2H]. The summed E-state index contributed by atoms with van der Waals surface area (Å²) in [7, 11) is 0. The smallest absolute Gasteiger partial charge is 0.0622 e. The molecule has 0 heteroatoms. The van der Waals surface area contributed by atoms with Crippen molar-refractivity contribution in [3.8, 4) is 33.4 Å². The predicted octanol–water partition coefficient (Wildman–Crippen LogP) is 11.3. The first-order valence-electron chi connectivity index (χ1n) is 18.9. The fraction of sp³-hybridized carbons (Fsp3) is 0. The fourth-order valence-electron chi connectivity index (χ4n) is 5.69. The highest BCUT2D eigenvalue weighted by atomic mass is 14.2. The van der Waals surface area contributed by atoms with E-state index in [4.69, 9.17) is 11.0 Å². The molecule has 0 saturated heterocycles. The molecule has 0 aliphatic heterocycles. The maximum absolute atomic E-state index is 9.27. The van der Waals surface area contributed by atoms with Gasteiger partial charge >= 0.3 is 0 Å². The standard InChI is InChI=1S/C40H26/c1-2-13-28(14-3-1)39-35-16-6-8-18-37(35)40(38-19-9-7-17-36(38)39)34-23-11-21-32-31(20-10-22-33(32)34)30-25-24-27-12-4-5-15-29(27)26-30/h1-26H/i1D,2D,6D,7D,8D,9D,13D,14D,16D,17D,18D,19D. The molecule has 0 fully saturated rings. The normalized spacial score (nSPS) is 15.7. The zero-order valence-electron chi connectivity index (χ0n) is 33.1. The highest BCUT2D eigenvalue weighted by molar-refractivity contribution is 6.24. The predicted molar refractivity (Wildman–Crippen MR) is 173 cm³/mol. The van der Waals surface area contributed by atoms with Crippen molar-refractivity contribution < 1.29 is 16.4 Å². The van der Waals surface area contributed by atoms with Crippen LogP contribution < -0.4 is 0 Å². The minimum Gasteiger partial charge on any atom is -0.0622 e. The molecule has 0 unspecified atom stereocenters. The van der Waals surface area contributed by atoms with E-state index in [0.717, 1.165) is 33.4 Å². The van der Waals surface area contributed by atoms with E-state index in [0.29, 0.717) is 10.9 Å². The van der Waals surface area contributed by atoms with Crippen molar-refractivity contribution in [2.45, 2.75) is 0 Å². The maximum Gasteiger partial charge on any atom is 0.0629 e. The van der Waals surface area contributed by atoms with Crippen LogP contribution >= 0.6 is 0 Å². The van der Waals surface area contributed by atoms with Crippen LogP contribution in [-0.2, 0) is 0 Å². The molecule has 8 rings (SSSR count). The zero-order valence-corrected chi connectivity index (χ0v) is 21.1. The number of hydrogen-bond acceptors (Lipinski definition) is 0. The highest BCUT2D eigenvalue weighted by Gasteiger charge is 2.18. The lowest BCUT2D eigenvalue weighted by Gasteiger charge is -2.19. The third-order valence-electron chi connectivity index (χ3n) is 7.43. The van der Waals surface area contributed by atoms with Gasteiger partial charge in [0.15, 0.2) is 0 Å². The molecule has 0 nitrogen and oxygen atoms in total. The van der Waals surface area contributed by atoms with Gasteiger partial charge in [-0.25, -0.2) is 0 Å². The summed E-state index contributed by atoms with van der Waals surface area (Å²) in [5, 5.41) is 3.18. The molecule has 0 atom stereocenters. The Morgan fingerprint density at radius 2 is 0.950 bits per heavy atom. The van der Waals surface area contributed by atoms with E-state index in [-0.39, 0.29) is 38.2 Å². The zero-order chi connectivity index (χ0) is 36.9. The van der Waals surface area contributed by atoms with Gasteiger partial charge in [-0.15, -0.1) is 0 Å². The van der Waals surface area contributed by atoms with Crippen molar-refractivity contribution in [2.75, 3.05) is 0 Å². The molecule has 0 aliphatic carbocycles. The van der Waals surface area contributed by atoms with Gasteiger partial charge in [-0.3, -0.25) is 0 Å². The Hall–Kier alpha value is -5.20. The van der Waals surface area contributed by atoms with Gasteiger partial charge in [-0.1, -0.05) is 151 Å². The molecule has 8 aromatic rings. The molecule has 0 heterocycles. The summed E-state index contributed by atoms with van der Waals surface area (Å²) in [6.07, 6.45) is 0. The molecule has 0 aliphatic rings. The van der Waals surface area contributed by atoms with Crippen LogP contribution in [0.3, 0.4) is 0 Å². The molecule has 8 aromatic carbocycles. The van der Waals surface area contributed by atoms with Gasteiger partial charge in [-0.2, -0.15) is 0 Å². The summed E-state index contributed by atoms with van der Waals surface area (Å²) >= 11 is 0. The molecule has 0 aromatic heterocycles. The van der Waals surface area contributed by atoms with Crippen LogP contribution in [0.5, 0.6) is 0 Å². The number of fused-ring (bicyclic) bond motifs is 4. The van der Waals surface area contributed by atoms with Gasteiger partial charge in [0, 0.05) is 0 Å². The Kier molecular flexibility index (Phi) is 3.17. The van der Waals surface area contributed by atoms with E-state index in [9.17, 15) is 5.48 Å². The highest BCUT2D eigenvalue weighted by Crippen LogP contribution is 2.46. The summed E-state index contributed by atoms with van der Waals surface area (Å²) in [5.74, 6) is 0. The summed E-state index contributed by atoms with van der Waals surface area (Å²) in [5.41, 5.74) is 1.97. The first-order valence-corrected chi connectivity index (χ1v) is 12.9. The first kappa shape index (κ1) is 13.7. The van der Waals surface area contributed by atoms with E-state index in [2.05, 4.69) is 6.07 Å². The van der Waals surface area contributed by atoms with Crippen LogP contribution in [0.15, 0.2) is 157 Å². The number of benzene rings is 8. The first-order chi connectivity index (χ1) is 24.8. The molecule has 0 spiro atoms. The summed E-state index contributed by atoms with van der Waals surface area (Å²) in [6, 6.07) is 20.2. The Morgan fingerprint density at radius 1 is 0.350 bits per heavy atom. The van der Waals surface area contributed by atoms with Crippen LogP contribution in [-0.4, -0.2) is 0 Å². The van der Waals surface area contributed by atoms with Crippen molar-refractivity contribution in [2.24, 2.45) is 0 Å². The molecule has 0 N–H and O–H groups in total. The van der Waals surface area contributed by atoms with Gasteiger partial charge < -0.3 is 0 Å². The van der Waals surface area contributed by atoms with Crippen molar-refractivity contribution in [3.63, 3.8) is 0 Å². The topological polar surface area (TPSA) is 0 Å². The van der Waals surface area contributed by atoms with E-state index >= 15 is 0 Å². The van der Waals surface area contributed by atoms with Crippen LogP contribution in [0.4, 0.5) is 0 Å². The molecular formula is C40H26. The van der Waals surface area contributed by atoms with Crippen molar-refractivity contribution >= 4 is 43.1 Å². The summed E-state index contributed by atoms with van der Waals surface area (Å²) < 4.78 is 106. The van der Waals surface area contributed by atoms with Gasteiger partial charge in [0.05, 0.1) is 16.4 Å². The average molecular weight is 519 g/mol. The van der Waals surface area contributed by atoms with Crippen molar-refractivity contribution in [3.05, 3.63) is 157 Å². The Morgan fingerprint density at radius 3 is 1.68 bits per heavy atom. The van der Waals surface area contributed by atoms with Crippen molar-refractivity contribution in [1.82, 2.24) is 0 Å². The Labute approximate surface area is 250 Å². The third kappa shape index (κ3) is 3.54.